The van der Waals surface area contributed by atoms with E-state index in [0.717, 1.165) is 6.07 Å². The second-order valence-corrected chi connectivity index (χ2v) is 7.23. The molecule has 29 heavy (non-hydrogen) atoms. The number of rotatable bonds is 2. The maximum absolute atomic E-state index is 15.2. The van der Waals surface area contributed by atoms with Crippen molar-refractivity contribution in [1.82, 2.24) is 9.47 Å². The molecule has 10 heteroatoms. The quantitative estimate of drug-likeness (QED) is 0.565. The molecule has 0 saturated carbocycles. The van der Waals surface area contributed by atoms with E-state index in [1.54, 1.807) is 11.6 Å². The van der Waals surface area contributed by atoms with Crippen molar-refractivity contribution in [3.8, 4) is 5.75 Å². The molecule has 4 rings (SSSR count). The normalized spacial score (nSPS) is 19.4. The highest BCUT2D eigenvalue weighted by Crippen LogP contribution is 2.42. The zero-order chi connectivity index (χ0) is 20.9. The number of ether oxygens (including phenoxy) is 1. The van der Waals surface area contributed by atoms with Gasteiger partial charge in [0.1, 0.15) is 17.9 Å². The Hall–Kier alpha value is -3.30. The number of anilines is 1. The molecule has 1 saturated heterocycles. The molecule has 1 fully saturated rings. The zero-order valence-electron chi connectivity index (χ0n) is 16.2. The maximum atomic E-state index is 15.2. The molecule has 3 N–H and O–H groups in total. The number of benzene rings is 1. The van der Waals surface area contributed by atoms with E-state index in [1.807, 2.05) is 16.7 Å². The Balaban J connectivity index is 1.86. The number of pyridine rings is 1. The first-order valence-electron chi connectivity index (χ1n) is 9.33. The van der Waals surface area contributed by atoms with E-state index in [-0.39, 0.29) is 35.0 Å². The molecule has 0 aliphatic carbocycles. The molecule has 9 nitrogen and oxygen atoms in total. The van der Waals surface area contributed by atoms with Crippen molar-refractivity contribution in [3.05, 3.63) is 33.9 Å². The van der Waals surface area contributed by atoms with Crippen molar-refractivity contribution >= 4 is 28.5 Å². The lowest BCUT2D eigenvalue weighted by atomic mass is 10.1. The SMILES string of the molecule is CN=C(N)N1CCN(c2c(F)cc3c(=O)c(C(=O)O)cn4c3c2OCC4C)CC1. The van der Waals surface area contributed by atoms with Gasteiger partial charge in [-0.15, -0.1) is 0 Å². The fourth-order valence-electron chi connectivity index (χ4n) is 3.96. The summed E-state index contributed by atoms with van der Waals surface area (Å²) in [6, 6.07) is 0.925. The molecule has 0 amide bonds. The lowest BCUT2D eigenvalue weighted by Gasteiger charge is -2.38. The van der Waals surface area contributed by atoms with E-state index in [0.29, 0.717) is 37.7 Å². The monoisotopic (exact) mass is 403 g/mol. The minimum atomic E-state index is -1.34. The topological polar surface area (TPSA) is 113 Å². The van der Waals surface area contributed by atoms with Crippen LogP contribution in [0.3, 0.4) is 0 Å². The number of carboxylic acids is 1. The minimum absolute atomic E-state index is 0.00805. The first kappa shape index (κ1) is 19.0. The number of hydrogen-bond donors (Lipinski definition) is 2. The highest BCUT2D eigenvalue weighted by Gasteiger charge is 2.31. The van der Waals surface area contributed by atoms with Crippen LogP contribution < -0.4 is 20.8 Å². The molecule has 2 aromatic rings. The van der Waals surface area contributed by atoms with E-state index in [9.17, 15) is 14.7 Å². The average Bonchev–Trinajstić information content (AvgIpc) is 2.71. The van der Waals surface area contributed by atoms with Crippen molar-refractivity contribution in [2.24, 2.45) is 10.7 Å². The van der Waals surface area contributed by atoms with E-state index < -0.39 is 17.2 Å². The molecule has 0 bridgehead atoms. The van der Waals surface area contributed by atoms with Crippen LogP contribution in [0.4, 0.5) is 10.1 Å². The number of nitrogens with two attached hydrogens (primary N) is 1. The van der Waals surface area contributed by atoms with Crippen LogP contribution >= 0.6 is 0 Å². The summed E-state index contributed by atoms with van der Waals surface area (Å²) in [5, 5.41) is 9.37. The van der Waals surface area contributed by atoms with Crippen molar-refractivity contribution in [2.45, 2.75) is 13.0 Å². The third kappa shape index (κ3) is 2.95. The second kappa shape index (κ2) is 6.94. The number of halogens is 1. The van der Waals surface area contributed by atoms with Gasteiger partial charge in [-0.3, -0.25) is 9.79 Å². The standard InChI is InChI=1S/C19H22FN5O4/c1-10-9-29-17-14-11(16(26)12(18(27)28)8-25(10)14)7-13(20)15(17)23-3-5-24(6-4-23)19(21)22-2/h7-8,10H,3-6,9H2,1-2H3,(H2,21,22)(H,27,28). The van der Waals surface area contributed by atoms with Crippen LogP contribution in [0, 0.1) is 5.82 Å². The van der Waals surface area contributed by atoms with Gasteiger partial charge in [0.2, 0.25) is 5.43 Å². The molecule has 2 aliphatic heterocycles. The highest BCUT2D eigenvalue weighted by atomic mass is 19.1. The first-order chi connectivity index (χ1) is 13.8. The predicted molar refractivity (Wildman–Crippen MR) is 107 cm³/mol. The number of nitrogens with zero attached hydrogens (tertiary/aromatic N) is 4. The Kier molecular flexibility index (Phi) is 4.56. The third-order valence-electron chi connectivity index (χ3n) is 5.52. The van der Waals surface area contributed by atoms with Gasteiger partial charge in [0, 0.05) is 39.4 Å². The summed E-state index contributed by atoms with van der Waals surface area (Å²) in [6.45, 7) is 4.25. The van der Waals surface area contributed by atoms with Gasteiger partial charge < -0.3 is 29.9 Å². The number of aliphatic imine (C=N–C) groups is 1. The molecule has 1 aromatic heterocycles. The second-order valence-electron chi connectivity index (χ2n) is 7.23. The number of hydrogen-bond acceptors (Lipinski definition) is 5. The lowest BCUT2D eigenvalue weighted by Crippen LogP contribution is -2.51. The molecule has 1 unspecified atom stereocenters. The molecular formula is C19H22FN5O4. The summed E-state index contributed by atoms with van der Waals surface area (Å²) < 4.78 is 22.7. The lowest BCUT2D eigenvalue weighted by molar-refractivity contribution is 0.0694. The molecule has 1 aromatic carbocycles. The van der Waals surface area contributed by atoms with Crippen LogP contribution in [-0.2, 0) is 0 Å². The zero-order valence-corrected chi connectivity index (χ0v) is 16.2. The van der Waals surface area contributed by atoms with Crippen LogP contribution in [-0.4, -0.2) is 66.3 Å². The third-order valence-corrected chi connectivity index (χ3v) is 5.52. The number of aromatic carboxylic acids is 1. The van der Waals surface area contributed by atoms with Gasteiger partial charge >= 0.3 is 5.97 Å². The summed E-state index contributed by atoms with van der Waals surface area (Å²) in [5.41, 5.74) is 5.47. The molecular weight excluding hydrogens is 381 g/mol. The van der Waals surface area contributed by atoms with Crippen LogP contribution in [0.5, 0.6) is 5.75 Å². The number of aromatic nitrogens is 1. The van der Waals surface area contributed by atoms with Crippen molar-refractivity contribution < 1.29 is 19.0 Å². The Bertz CT molecular complexity index is 1090. The molecule has 3 heterocycles. The average molecular weight is 403 g/mol. The van der Waals surface area contributed by atoms with Gasteiger partial charge in [0.15, 0.2) is 17.5 Å². The van der Waals surface area contributed by atoms with E-state index in [2.05, 4.69) is 4.99 Å². The Morgan fingerprint density at radius 2 is 2.03 bits per heavy atom. The smallest absolute Gasteiger partial charge is 0.341 e. The van der Waals surface area contributed by atoms with Gasteiger partial charge in [-0.05, 0) is 13.0 Å². The molecule has 0 radical (unpaired) electrons. The number of guanidine groups is 1. The molecule has 1 atom stereocenters. The Morgan fingerprint density at radius 3 is 2.66 bits per heavy atom. The van der Waals surface area contributed by atoms with Gasteiger partial charge in [0.25, 0.3) is 0 Å². The summed E-state index contributed by atoms with van der Waals surface area (Å²) in [6.07, 6.45) is 1.32. The highest BCUT2D eigenvalue weighted by molar-refractivity contribution is 5.97. The van der Waals surface area contributed by atoms with Crippen molar-refractivity contribution in [3.63, 3.8) is 0 Å². The van der Waals surface area contributed by atoms with E-state index >= 15 is 4.39 Å². The van der Waals surface area contributed by atoms with Crippen LogP contribution in [0.25, 0.3) is 10.9 Å². The van der Waals surface area contributed by atoms with Crippen LogP contribution in [0.2, 0.25) is 0 Å². The summed E-state index contributed by atoms with van der Waals surface area (Å²) in [4.78, 5) is 31.9. The van der Waals surface area contributed by atoms with E-state index in [4.69, 9.17) is 10.5 Å². The molecule has 0 spiro atoms. The van der Waals surface area contributed by atoms with E-state index in [1.165, 1.54) is 6.20 Å². The van der Waals surface area contributed by atoms with Crippen LogP contribution in [0.1, 0.15) is 23.3 Å². The fourth-order valence-corrected chi connectivity index (χ4v) is 3.96. The maximum Gasteiger partial charge on any atom is 0.341 e. The number of piperazine rings is 1. The van der Waals surface area contributed by atoms with Crippen LogP contribution in [0.15, 0.2) is 22.1 Å². The fraction of sp³-hybridized carbons (Fsp3) is 0.421. The number of carboxylic acid groups (broad SMARTS) is 1. The van der Waals surface area contributed by atoms with Crippen molar-refractivity contribution in [1.29, 1.82) is 0 Å². The number of carbonyl (C=O) groups is 1. The summed E-state index contributed by atoms with van der Waals surface area (Å²) in [7, 11) is 1.62. The van der Waals surface area contributed by atoms with Gasteiger partial charge in [-0.2, -0.15) is 0 Å². The van der Waals surface area contributed by atoms with Gasteiger partial charge in [0.05, 0.1) is 16.9 Å². The minimum Gasteiger partial charge on any atom is -0.487 e. The predicted octanol–water partition coefficient (Wildman–Crippen LogP) is 0.859. The molecule has 2 aliphatic rings. The largest absolute Gasteiger partial charge is 0.487 e. The Labute approximate surface area is 165 Å². The van der Waals surface area contributed by atoms with Crippen molar-refractivity contribution in [2.75, 3.05) is 44.7 Å². The Morgan fingerprint density at radius 1 is 1.34 bits per heavy atom. The van der Waals surface area contributed by atoms with Gasteiger partial charge in [-0.1, -0.05) is 0 Å². The van der Waals surface area contributed by atoms with Gasteiger partial charge in [-0.25, -0.2) is 9.18 Å². The molecule has 154 valence electrons. The summed E-state index contributed by atoms with van der Waals surface area (Å²) in [5.74, 6) is -1.24. The summed E-state index contributed by atoms with van der Waals surface area (Å²) >= 11 is 0. The first-order valence-corrected chi connectivity index (χ1v) is 9.33.